The van der Waals surface area contributed by atoms with Gasteiger partial charge in [0, 0.05) is 7.28 Å². The Morgan fingerprint density at radius 1 is 0.304 bits per heavy atom. The smallest absolute Gasteiger partial charge is 0.200 e. The average Bonchev–Trinajstić information content (AvgIpc) is 2.54. The summed E-state index contributed by atoms with van der Waals surface area (Å²) in [7, 11) is -3.11. The SMILES string of the molecule is Fc1c(F)c(F)c([BH2-]c2c(F)c(F)c(F)c(F)c2F)c(F)c1F. The van der Waals surface area contributed by atoms with Crippen molar-refractivity contribution in [1.82, 2.24) is 0 Å². The zero-order chi connectivity index (χ0) is 17.6. The maximum atomic E-state index is 13.4. The molecule has 0 aliphatic carbocycles. The van der Waals surface area contributed by atoms with Gasteiger partial charge in [0.15, 0.2) is 34.9 Å². The van der Waals surface area contributed by atoms with Crippen molar-refractivity contribution in [2.75, 3.05) is 0 Å². The Morgan fingerprint density at radius 3 is 0.696 bits per heavy atom. The molecule has 23 heavy (non-hydrogen) atoms. The molecule has 0 aliphatic rings. The van der Waals surface area contributed by atoms with E-state index in [4.69, 9.17) is 0 Å². The van der Waals surface area contributed by atoms with Crippen LogP contribution in [0.5, 0.6) is 0 Å². The molecule has 0 radical (unpaired) electrons. The van der Waals surface area contributed by atoms with Gasteiger partial charge in [-0.1, -0.05) is 0 Å². The molecule has 0 atom stereocenters. The molecule has 0 amide bonds. The second kappa shape index (κ2) is 5.78. The van der Waals surface area contributed by atoms with Gasteiger partial charge in [0.25, 0.3) is 0 Å². The quantitative estimate of drug-likeness (QED) is 0.338. The second-order valence-electron chi connectivity index (χ2n) is 4.64. The van der Waals surface area contributed by atoms with E-state index in [-0.39, 0.29) is 0 Å². The van der Waals surface area contributed by atoms with Gasteiger partial charge in [0.2, 0.25) is 0 Å². The first kappa shape index (κ1) is 17.2. The van der Waals surface area contributed by atoms with Crippen molar-refractivity contribution >= 4 is 18.2 Å². The molecule has 0 nitrogen and oxygen atoms in total. The van der Waals surface area contributed by atoms with Crippen LogP contribution in [0.1, 0.15) is 0 Å². The Hall–Kier alpha value is -2.20. The van der Waals surface area contributed by atoms with E-state index in [9.17, 15) is 43.9 Å². The number of hydrogen-bond acceptors (Lipinski definition) is 0. The lowest BCUT2D eigenvalue weighted by Gasteiger charge is -2.16. The zero-order valence-corrected chi connectivity index (χ0v) is 10.8. The molecule has 2 rings (SSSR count). The molecule has 124 valence electrons. The highest BCUT2D eigenvalue weighted by molar-refractivity contribution is 6.67. The summed E-state index contributed by atoms with van der Waals surface area (Å²) >= 11 is 0. The monoisotopic (exact) mass is 347 g/mol. The highest BCUT2D eigenvalue weighted by Crippen LogP contribution is 2.18. The third-order valence-electron chi connectivity index (χ3n) is 3.36. The minimum absolute atomic E-state index is 1.61. The van der Waals surface area contributed by atoms with Crippen LogP contribution in [-0.4, -0.2) is 7.28 Å². The molecule has 0 spiro atoms. The highest BCUT2D eigenvalue weighted by Gasteiger charge is 2.26. The third kappa shape index (κ3) is 2.53. The summed E-state index contributed by atoms with van der Waals surface area (Å²) in [4.78, 5) is 0. The van der Waals surface area contributed by atoms with Crippen LogP contribution in [0.4, 0.5) is 43.9 Å². The summed E-state index contributed by atoms with van der Waals surface area (Å²) < 4.78 is 131. The fraction of sp³-hybridized carbons (Fsp3) is 0. The molecule has 0 saturated heterocycles. The highest BCUT2D eigenvalue weighted by atomic mass is 19.2. The van der Waals surface area contributed by atoms with Crippen LogP contribution in [0.3, 0.4) is 0 Å². The Morgan fingerprint density at radius 2 is 0.478 bits per heavy atom. The van der Waals surface area contributed by atoms with Crippen molar-refractivity contribution in [3.8, 4) is 0 Å². The van der Waals surface area contributed by atoms with Gasteiger partial charge in [-0.15, -0.1) is 10.9 Å². The van der Waals surface area contributed by atoms with Gasteiger partial charge < -0.3 is 0 Å². The van der Waals surface area contributed by atoms with E-state index in [0.717, 1.165) is 0 Å². The number of benzene rings is 2. The first-order valence-corrected chi connectivity index (χ1v) is 5.89. The Labute approximate surface area is 121 Å². The summed E-state index contributed by atoms with van der Waals surface area (Å²) in [6.45, 7) is 0. The molecule has 2 aromatic rings. The fourth-order valence-corrected chi connectivity index (χ4v) is 2.12. The topological polar surface area (TPSA) is 0 Å². The predicted molar refractivity (Wildman–Crippen MR) is 60.3 cm³/mol. The summed E-state index contributed by atoms with van der Waals surface area (Å²) in [5.41, 5.74) is -3.21. The van der Waals surface area contributed by atoms with E-state index < -0.39 is 76.4 Å². The van der Waals surface area contributed by atoms with E-state index in [1.165, 1.54) is 0 Å². The summed E-state index contributed by atoms with van der Waals surface area (Å²) in [5, 5.41) is 0. The minimum atomic E-state index is -3.11. The Bertz CT molecular complexity index is 691. The lowest BCUT2D eigenvalue weighted by atomic mass is 9.62. The Kier molecular flexibility index (Phi) is 4.31. The number of hydrogen-bond donors (Lipinski definition) is 0. The van der Waals surface area contributed by atoms with E-state index in [1.54, 1.807) is 0 Å². The molecule has 0 aromatic heterocycles. The number of rotatable bonds is 2. The van der Waals surface area contributed by atoms with Crippen LogP contribution in [0.25, 0.3) is 0 Å². The van der Waals surface area contributed by atoms with Gasteiger partial charge in [0.1, 0.15) is 23.3 Å². The molecule has 11 heteroatoms. The van der Waals surface area contributed by atoms with E-state index in [1.807, 2.05) is 0 Å². The van der Waals surface area contributed by atoms with Gasteiger partial charge in [-0.2, -0.15) is 0 Å². The molecule has 0 saturated carbocycles. The van der Waals surface area contributed by atoms with Crippen LogP contribution in [0.15, 0.2) is 0 Å². The van der Waals surface area contributed by atoms with Crippen molar-refractivity contribution in [2.45, 2.75) is 0 Å². The van der Waals surface area contributed by atoms with Gasteiger partial charge in [0.05, 0.1) is 0 Å². The van der Waals surface area contributed by atoms with Gasteiger partial charge in [-0.25, -0.2) is 43.9 Å². The zero-order valence-electron chi connectivity index (χ0n) is 10.8. The minimum Gasteiger partial charge on any atom is -0.207 e. The maximum Gasteiger partial charge on any atom is 0.200 e. The van der Waals surface area contributed by atoms with Crippen molar-refractivity contribution in [3.63, 3.8) is 0 Å². The molecule has 0 N–H and O–H groups in total. The third-order valence-corrected chi connectivity index (χ3v) is 3.36. The predicted octanol–water partition coefficient (Wildman–Crippen LogP) is 2.20. The average molecular weight is 347 g/mol. The molecular formula is C12H2BF10-. The lowest BCUT2D eigenvalue weighted by molar-refractivity contribution is 0.382. The van der Waals surface area contributed by atoms with Crippen LogP contribution in [0.2, 0.25) is 0 Å². The normalized spacial score (nSPS) is 11.2. The van der Waals surface area contributed by atoms with Crippen molar-refractivity contribution in [1.29, 1.82) is 0 Å². The summed E-state index contributed by atoms with van der Waals surface area (Å²) in [6.07, 6.45) is 0. The molecule has 0 bridgehead atoms. The van der Waals surface area contributed by atoms with Gasteiger partial charge >= 0.3 is 0 Å². The van der Waals surface area contributed by atoms with Crippen LogP contribution < -0.4 is 10.9 Å². The van der Waals surface area contributed by atoms with E-state index >= 15 is 0 Å². The lowest BCUT2D eigenvalue weighted by Crippen LogP contribution is -2.39. The summed E-state index contributed by atoms with van der Waals surface area (Å²) in [5.74, 6) is -24.1. The fourth-order valence-electron chi connectivity index (χ4n) is 2.12. The first-order valence-electron chi connectivity index (χ1n) is 5.89. The molecule has 0 fully saturated rings. The largest absolute Gasteiger partial charge is 0.207 e. The molecular weight excluding hydrogens is 345 g/mol. The standard InChI is InChI=1S/C12H2BF10/c14-3-1(4(15)8(19)11(22)7(3)18)13-2-5(16)9(20)12(23)10(21)6(2)17/h13H2/q-1. The molecule has 0 aliphatic heterocycles. The van der Waals surface area contributed by atoms with Crippen LogP contribution >= 0.6 is 0 Å². The van der Waals surface area contributed by atoms with Gasteiger partial charge in [-0.05, 0) is 0 Å². The van der Waals surface area contributed by atoms with Crippen molar-refractivity contribution in [3.05, 3.63) is 58.2 Å². The molecule has 2 aromatic carbocycles. The van der Waals surface area contributed by atoms with E-state index in [0.29, 0.717) is 0 Å². The van der Waals surface area contributed by atoms with Crippen molar-refractivity contribution in [2.24, 2.45) is 0 Å². The summed E-state index contributed by atoms with van der Waals surface area (Å²) in [6, 6.07) is 0. The van der Waals surface area contributed by atoms with Crippen LogP contribution in [-0.2, 0) is 0 Å². The maximum absolute atomic E-state index is 13.4. The first-order chi connectivity index (χ1) is 10.6. The van der Waals surface area contributed by atoms with E-state index in [2.05, 4.69) is 0 Å². The molecule has 0 unspecified atom stereocenters. The Balaban J connectivity index is 2.71. The van der Waals surface area contributed by atoms with Crippen molar-refractivity contribution < 1.29 is 43.9 Å². The second-order valence-corrected chi connectivity index (χ2v) is 4.64. The van der Waals surface area contributed by atoms with Crippen LogP contribution in [0, 0.1) is 58.2 Å². The van der Waals surface area contributed by atoms with Gasteiger partial charge in [-0.3, -0.25) is 0 Å². The number of halogens is 10. The molecule has 0 heterocycles.